The minimum absolute atomic E-state index is 0.251. The lowest BCUT2D eigenvalue weighted by molar-refractivity contribution is -0.385. The van der Waals surface area contributed by atoms with Crippen LogP contribution in [-0.2, 0) is 6.18 Å². The largest absolute Gasteiger partial charge is 0.418 e. The van der Waals surface area contributed by atoms with E-state index >= 15 is 0 Å². The van der Waals surface area contributed by atoms with Crippen LogP contribution >= 0.6 is 0 Å². The summed E-state index contributed by atoms with van der Waals surface area (Å²) in [5, 5.41) is 15.3. The third-order valence-electron chi connectivity index (χ3n) is 3.20. The van der Waals surface area contributed by atoms with Gasteiger partial charge in [0.1, 0.15) is 0 Å². The van der Waals surface area contributed by atoms with Gasteiger partial charge < -0.3 is 0 Å². The average Bonchev–Trinajstić information content (AvgIpc) is 2.89. The number of para-hydroxylation sites is 1. The van der Waals surface area contributed by atoms with Gasteiger partial charge in [0.25, 0.3) is 5.69 Å². The highest BCUT2D eigenvalue weighted by Gasteiger charge is 2.36. The van der Waals surface area contributed by atoms with Crippen molar-refractivity contribution in [1.29, 1.82) is 0 Å². The first-order valence-electron chi connectivity index (χ1n) is 6.17. The zero-order chi connectivity index (χ0) is 15.9. The van der Waals surface area contributed by atoms with Crippen molar-refractivity contribution in [3.8, 4) is 5.69 Å². The first-order chi connectivity index (χ1) is 10.4. The fourth-order valence-corrected chi connectivity index (χ4v) is 2.21. The average molecular weight is 307 g/mol. The van der Waals surface area contributed by atoms with Gasteiger partial charge in [-0.1, -0.05) is 18.2 Å². The maximum Gasteiger partial charge on any atom is 0.418 e. The molecular weight excluding hydrogens is 299 g/mol. The van der Waals surface area contributed by atoms with Crippen molar-refractivity contribution >= 4 is 16.6 Å². The zero-order valence-corrected chi connectivity index (χ0v) is 10.9. The third kappa shape index (κ3) is 2.28. The molecule has 22 heavy (non-hydrogen) atoms. The summed E-state index contributed by atoms with van der Waals surface area (Å²) in [5.41, 5.74) is -1.48. The van der Waals surface area contributed by atoms with Gasteiger partial charge in [0.05, 0.1) is 27.9 Å². The number of halogens is 3. The van der Waals surface area contributed by atoms with Gasteiger partial charge in [-0.05, 0) is 12.1 Å². The van der Waals surface area contributed by atoms with E-state index in [1.165, 1.54) is 6.20 Å². The van der Waals surface area contributed by atoms with Gasteiger partial charge in [-0.25, -0.2) is 4.68 Å². The first-order valence-corrected chi connectivity index (χ1v) is 6.17. The van der Waals surface area contributed by atoms with E-state index in [1.807, 2.05) is 0 Å². The van der Waals surface area contributed by atoms with Gasteiger partial charge in [0.2, 0.25) is 0 Å². The molecule has 3 rings (SSSR count). The quantitative estimate of drug-likeness (QED) is 0.532. The van der Waals surface area contributed by atoms with Crippen molar-refractivity contribution in [1.82, 2.24) is 9.78 Å². The monoisotopic (exact) mass is 307 g/mol. The summed E-state index contributed by atoms with van der Waals surface area (Å²) in [6.45, 7) is 0. The molecule has 0 radical (unpaired) electrons. The number of nitro benzene ring substituents is 1. The Morgan fingerprint density at radius 2 is 1.86 bits per heavy atom. The molecule has 0 fully saturated rings. The van der Waals surface area contributed by atoms with Crippen molar-refractivity contribution in [2.24, 2.45) is 0 Å². The maximum absolute atomic E-state index is 13.2. The molecule has 0 saturated carbocycles. The van der Waals surface area contributed by atoms with Crippen molar-refractivity contribution in [3.63, 3.8) is 0 Å². The second-order valence-corrected chi connectivity index (χ2v) is 4.57. The third-order valence-corrected chi connectivity index (χ3v) is 3.20. The lowest BCUT2D eigenvalue weighted by Gasteiger charge is -2.13. The summed E-state index contributed by atoms with van der Waals surface area (Å²) < 4.78 is 40.8. The van der Waals surface area contributed by atoms with E-state index in [-0.39, 0.29) is 5.69 Å². The van der Waals surface area contributed by atoms with Crippen molar-refractivity contribution in [2.75, 3.05) is 0 Å². The molecule has 5 nitrogen and oxygen atoms in total. The number of non-ortho nitro benzene ring substituents is 1. The Kier molecular flexibility index (Phi) is 3.09. The summed E-state index contributed by atoms with van der Waals surface area (Å²) in [6, 6.07) is 9.38. The molecule has 0 spiro atoms. The molecule has 0 saturated heterocycles. The molecule has 0 unspecified atom stereocenters. The Bertz CT molecular complexity index is 871. The van der Waals surface area contributed by atoms with Crippen LogP contribution in [-0.4, -0.2) is 14.7 Å². The smallest absolute Gasteiger partial charge is 0.258 e. The zero-order valence-electron chi connectivity index (χ0n) is 10.9. The number of nitrogens with zero attached hydrogens (tertiary/aromatic N) is 3. The molecule has 3 aromatic rings. The highest BCUT2D eigenvalue weighted by atomic mass is 19.4. The molecule has 8 heteroatoms. The molecule has 2 aromatic carbocycles. The van der Waals surface area contributed by atoms with E-state index < -0.39 is 22.4 Å². The Hall–Kier alpha value is -2.90. The van der Waals surface area contributed by atoms with Crippen molar-refractivity contribution in [2.45, 2.75) is 6.18 Å². The second-order valence-electron chi connectivity index (χ2n) is 4.57. The number of rotatable bonds is 2. The number of nitro groups is 1. The summed E-state index contributed by atoms with van der Waals surface area (Å²) in [7, 11) is 0. The fraction of sp³-hybridized carbons (Fsp3) is 0.0714. The minimum atomic E-state index is -4.73. The molecule has 0 amide bonds. The summed E-state index contributed by atoms with van der Waals surface area (Å²) in [6.07, 6.45) is -3.29. The van der Waals surface area contributed by atoms with Crippen LogP contribution in [0.5, 0.6) is 0 Å². The molecule has 0 atom stereocenters. The van der Waals surface area contributed by atoms with Gasteiger partial charge in [-0.15, -0.1) is 0 Å². The Morgan fingerprint density at radius 3 is 2.55 bits per heavy atom. The van der Waals surface area contributed by atoms with E-state index in [1.54, 1.807) is 24.3 Å². The van der Waals surface area contributed by atoms with E-state index in [4.69, 9.17) is 0 Å². The molecule has 1 aromatic heterocycles. The Labute approximate surface area is 121 Å². The van der Waals surface area contributed by atoms with Gasteiger partial charge in [0, 0.05) is 17.5 Å². The van der Waals surface area contributed by atoms with Crippen LogP contribution in [0.25, 0.3) is 16.6 Å². The number of aromatic nitrogens is 2. The van der Waals surface area contributed by atoms with E-state index in [0.717, 1.165) is 16.8 Å². The van der Waals surface area contributed by atoms with Crippen LogP contribution in [0, 0.1) is 10.1 Å². The Balaban J connectivity index is 2.28. The van der Waals surface area contributed by atoms with E-state index in [9.17, 15) is 23.3 Å². The van der Waals surface area contributed by atoms with E-state index in [2.05, 4.69) is 5.10 Å². The highest BCUT2D eigenvalue weighted by Crippen LogP contribution is 2.36. The van der Waals surface area contributed by atoms with Crippen LogP contribution in [0.4, 0.5) is 18.9 Å². The fourth-order valence-electron chi connectivity index (χ4n) is 2.21. The molecular formula is C14H8F3N3O2. The highest BCUT2D eigenvalue weighted by molar-refractivity contribution is 5.80. The van der Waals surface area contributed by atoms with Crippen molar-refractivity contribution in [3.05, 3.63) is 64.3 Å². The predicted octanol–water partition coefficient (Wildman–Crippen LogP) is 3.95. The molecule has 1 heterocycles. The summed E-state index contributed by atoms with van der Waals surface area (Å²) in [5.74, 6) is 0. The minimum Gasteiger partial charge on any atom is -0.258 e. The van der Waals surface area contributed by atoms with Crippen LogP contribution in [0.3, 0.4) is 0 Å². The van der Waals surface area contributed by atoms with Gasteiger partial charge in [-0.3, -0.25) is 10.1 Å². The second kappa shape index (κ2) is 4.83. The van der Waals surface area contributed by atoms with Crippen LogP contribution < -0.4 is 0 Å². The SMILES string of the molecule is O=[N+]([O-])c1ccc(-n2ncc3ccccc32)c(C(F)(F)F)c1. The standard InChI is InChI=1S/C14H8F3N3O2/c15-14(16,17)11-7-10(20(21)22)5-6-13(11)19-12-4-2-1-3-9(12)8-18-19/h1-8H. The van der Waals surface area contributed by atoms with Gasteiger partial charge in [0.15, 0.2) is 0 Å². The number of benzene rings is 2. The van der Waals surface area contributed by atoms with Crippen molar-refractivity contribution < 1.29 is 18.1 Å². The number of fused-ring (bicyclic) bond motifs is 1. The van der Waals surface area contributed by atoms with Crippen LogP contribution in [0.2, 0.25) is 0 Å². The van der Waals surface area contributed by atoms with Crippen LogP contribution in [0.1, 0.15) is 5.56 Å². The lowest BCUT2D eigenvalue weighted by Crippen LogP contribution is -2.12. The van der Waals surface area contributed by atoms with E-state index in [0.29, 0.717) is 17.0 Å². The lowest BCUT2D eigenvalue weighted by atomic mass is 10.1. The molecule has 0 aliphatic heterocycles. The summed E-state index contributed by atoms with van der Waals surface area (Å²) in [4.78, 5) is 9.85. The molecule has 112 valence electrons. The predicted molar refractivity (Wildman–Crippen MR) is 72.7 cm³/mol. The molecule has 0 aliphatic rings. The summed E-state index contributed by atoms with van der Waals surface area (Å²) >= 11 is 0. The molecule has 0 N–H and O–H groups in total. The van der Waals surface area contributed by atoms with Gasteiger partial charge >= 0.3 is 6.18 Å². The Morgan fingerprint density at radius 1 is 1.14 bits per heavy atom. The number of hydrogen-bond acceptors (Lipinski definition) is 3. The topological polar surface area (TPSA) is 61.0 Å². The van der Waals surface area contributed by atoms with Gasteiger partial charge in [-0.2, -0.15) is 18.3 Å². The maximum atomic E-state index is 13.2. The van der Waals surface area contributed by atoms with Crippen LogP contribution in [0.15, 0.2) is 48.7 Å². The normalized spacial score (nSPS) is 11.8. The molecule has 0 bridgehead atoms. The number of alkyl halides is 3. The molecule has 0 aliphatic carbocycles. The number of hydrogen-bond donors (Lipinski definition) is 0. The first kappa shape index (κ1) is 14.1.